The summed E-state index contributed by atoms with van der Waals surface area (Å²) >= 11 is 0. The monoisotopic (exact) mass is 390 g/mol. The van der Waals surface area contributed by atoms with Crippen molar-refractivity contribution in [2.24, 2.45) is 0 Å². The molecule has 0 radical (unpaired) electrons. The van der Waals surface area contributed by atoms with Gasteiger partial charge in [-0.2, -0.15) is 4.31 Å². The molecular weight excluding hydrogens is 367 g/mol. The van der Waals surface area contributed by atoms with Crippen LogP contribution in [0.2, 0.25) is 0 Å². The molecule has 144 valence electrons. The smallest absolute Gasteiger partial charge is 0.251 e. The number of carbonyl (C=O) groups excluding carboxylic acids is 1. The van der Waals surface area contributed by atoms with Crippen molar-refractivity contribution >= 4 is 15.9 Å². The molecule has 1 heterocycles. The number of nitrogens with zero attached hydrogens (tertiary/aromatic N) is 1. The Morgan fingerprint density at radius 1 is 1.07 bits per heavy atom. The molecule has 1 saturated heterocycles. The average Bonchev–Trinajstić information content (AvgIpc) is 2.69. The van der Waals surface area contributed by atoms with Crippen LogP contribution in [-0.2, 0) is 10.0 Å². The molecule has 27 heavy (non-hydrogen) atoms. The van der Waals surface area contributed by atoms with E-state index in [1.165, 1.54) is 10.4 Å². The van der Waals surface area contributed by atoms with E-state index in [1.807, 2.05) is 37.3 Å². The van der Waals surface area contributed by atoms with Gasteiger partial charge in [-0.25, -0.2) is 12.8 Å². The van der Waals surface area contributed by atoms with E-state index in [1.54, 1.807) is 0 Å². The van der Waals surface area contributed by atoms with Gasteiger partial charge in [-0.3, -0.25) is 4.79 Å². The van der Waals surface area contributed by atoms with Crippen molar-refractivity contribution in [1.29, 1.82) is 0 Å². The number of amides is 1. The molecule has 2 aromatic carbocycles. The Morgan fingerprint density at radius 2 is 1.74 bits per heavy atom. The number of benzene rings is 2. The first-order valence-electron chi connectivity index (χ1n) is 9.05. The van der Waals surface area contributed by atoms with Crippen LogP contribution in [0.4, 0.5) is 4.39 Å². The number of rotatable bonds is 5. The highest BCUT2D eigenvalue weighted by molar-refractivity contribution is 7.89. The second kappa shape index (κ2) is 8.19. The highest BCUT2D eigenvalue weighted by Crippen LogP contribution is 2.24. The van der Waals surface area contributed by atoms with Crippen molar-refractivity contribution < 1.29 is 17.6 Å². The summed E-state index contributed by atoms with van der Waals surface area (Å²) in [6.07, 6.45) is 2.49. The third-order valence-corrected chi connectivity index (χ3v) is 6.69. The van der Waals surface area contributed by atoms with E-state index in [0.29, 0.717) is 13.1 Å². The first-order valence-corrected chi connectivity index (χ1v) is 10.5. The summed E-state index contributed by atoms with van der Waals surface area (Å²) in [6.45, 7) is 2.59. The van der Waals surface area contributed by atoms with Gasteiger partial charge in [0.1, 0.15) is 10.7 Å². The predicted octanol–water partition coefficient (Wildman–Crippen LogP) is 3.49. The molecule has 1 amide bonds. The molecule has 0 aliphatic carbocycles. The Bertz CT molecular complexity index is 910. The average molecular weight is 390 g/mol. The van der Waals surface area contributed by atoms with Gasteiger partial charge in [0.2, 0.25) is 10.0 Å². The van der Waals surface area contributed by atoms with E-state index in [2.05, 4.69) is 5.32 Å². The normalized spacial score (nSPS) is 16.7. The number of carbonyl (C=O) groups is 1. The van der Waals surface area contributed by atoms with Gasteiger partial charge in [0, 0.05) is 18.7 Å². The topological polar surface area (TPSA) is 66.5 Å². The fraction of sp³-hybridized carbons (Fsp3) is 0.350. The Morgan fingerprint density at radius 3 is 2.41 bits per heavy atom. The summed E-state index contributed by atoms with van der Waals surface area (Å²) in [5.74, 6) is -1.28. The molecule has 3 rings (SSSR count). The van der Waals surface area contributed by atoms with E-state index in [0.717, 1.165) is 37.0 Å². The van der Waals surface area contributed by atoms with Crippen molar-refractivity contribution in [2.45, 2.75) is 37.1 Å². The van der Waals surface area contributed by atoms with Gasteiger partial charge in [-0.05, 0) is 43.5 Å². The fourth-order valence-corrected chi connectivity index (χ4v) is 4.80. The quantitative estimate of drug-likeness (QED) is 0.850. The zero-order valence-corrected chi connectivity index (χ0v) is 16.0. The molecule has 0 spiro atoms. The van der Waals surface area contributed by atoms with Gasteiger partial charge in [0.15, 0.2) is 0 Å². The number of nitrogens with one attached hydrogen (secondary N) is 1. The van der Waals surface area contributed by atoms with Gasteiger partial charge in [0.25, 0.3) is 5.91 Å². The second-order valence-electron chi connectivity index (χ2n) is 6.72. The van der Waals surface area contributed by atoms with Crippen molar-refractivity contribution in [3.63, 3.8) is 0 Å². The van der Waals surface area contributed by atoms with E-state index in [4.69, 9.17) is 0 Å². The lowest BCUT2D eigenvalue weighted by Gasteiger charge is -2.26. The van der Waals surface area contributed by atoms with Gasteiger partial charge >= 0.3 is 0 Å². The molecule has 1 aliphatic rings. The molecule has 0 aromatic heterocycles. The van der Waals surface area contributed by atoms with Crippen LogP contribution in [0.25, 0.3) is 0 Å². The molecule has 1 atom stereocenters. The number of hydrogen-bond acceptors (Lipinski definition) is 3. The standard InChI is InChI=1S/C20H23FN2O3S/c1-15(16-8-4-2-5-9-16)22-20(24)17-10-11-18(21)19(14-17)27(25,26)23-12-6-3-7-13-23/h2,4-5,8-11,14-15H,3,6-7,12-13H2,1H3,(H,22,24)/t15-/m0/s1. The number of halogens is 1. The maximum Gasteiger partial charge on any atom is 0.251 e. The summed E-state index contributed by atoms with van der Waals surface area (Å²) in [6, 6.07) is 12.6. The number of sulfonamides is 1. The second-order valence-corrected chi connectivity index (χ2v) is 8.62. The molecule has 1 fully saturated rings. The Labute approximate surface area is 159 Å². The van der Waals surface area contributed by atoms with Crippen molar-refractivity contribution in [3.05, 3.63) is 65.5 Å². The van der Waals surface area contributed by atoms with E-state index < -0.39 is 26.6 Å². The summed E-state index contributed by atoms with van der Waals surface area (Å²) in [7, 11) is -3.95. The molecular formula is C20H23FN2O3S. The maximum absolute atomic E-state index is 14.3. The fourth-order valence-electron chi connectivity index (χ4n) is 3.19. The summed E-state index contributed by atoms with van der Waals surface area (Å²) in [5.41, 5.74) is 1.05. The first-order chi connectivity index (χ1) is 12.9. The third-order valence-electron chi connectivity index (χ3n) is 4.77. The minimum absolute atomic E-state index is 0.120. The largest absolute Gasteiger partial charge is 0.346 e. The van der Waals surface area contributed by atoms with Crippen LogP contribution in [0, 0.1) is 5.82 Å². The van der Waals surface area contributed by atoms with Crippen LogP contribution in [-0.4, -0.2) is 31.7 Å². The zero-order valence-electron chi connectivity index (χ0n) is 15.2. The van der Waals surface area contributed by atoms with Crippen molar-refractivity contribution in [2.75, 3.05) is 13.1 Å². The van der Waals surface area contributed by atoms with Crippen LogP contribution < -0.4 is 5.32 Å². The molecule has 1 aliphatic heterocycles. The van der Waals surface area contributed by atoms with Crippen LogP contribution in [0.15, 0.2) is 53.4 Å². The molecule has 1 N–H and O–H groups in total. The summed E-state index contributed by atoms with van der Waals surface area (Å²) in [5, 5.41) is 2.82. The van der Waals surface area contributed by atoms with Crippen LogP contribution in [0.1, 0.15) is 48.1 Å². The van der Waals surface area contributed by atoms with E-state index >= 15 is 0 Å². The van der Waals surface area contributed by atoms with Gasteiger partial charge < -0.3 is 5.32 Å². The van der Waals surface area contributed by atoms with E-state index in [-0.39, 0.29) is 11.6 Å². The zero-order chi connectivity index (χ0) is 19.4. The lowest BCUT2D eigenvalue weighted by Crippen LogP contribution is -2.36. The van der Waals surface area contributed by atoms with Crippen LogP contribution >= 0.6 is 0 Å². The molecule has 0 saturated carbocycles. The van der Waals surface area contributed by atoms with Crippen molar-refractivity contribution in [1.82, 2.24) is 9.62 Å². The Balaban J connectivity index is 1.83. The third kappa shape index (κ3) is 4.36. The summed E-state index contributed by atoms with van der Waals surface area (Å²) in [4.78, 5) is 12.1. The lowest BCUT2D eigenvalue weighted by atomic mass is 10.1. The van der Waals surface area contributed by atoms with Crippen LogP contribution in [0.5, 0.6) is 0 Å². The lowest BCUT2D eigenvalue weighted by molar-refractivity contribution is 0.0939. The highest BCUT2D eigenvalue weighted by atomic mass is 32.2. The molecule has 5 nitrogen and oxygen atoms in total. The van der Waals surface area contributed by atoms with Gasteiger partial charge in [-0.15, -0.1) is 0 Å². The highest BCUT2D eigenvalue weighted by Gasteiger charge is 2.29. The predicted molar refractivity (Wildman–Crippen MR) is 101 cm³/mol. The first kappa shape index (κ1) is 19.5. The summed E-state index contributed by atoms with van der Waals surface area (Å²) < 4.78 is 41.1. The van der Waals surface area contributed by atoms with E-state index in [9.17, 15) is 17.6 Å². The molecule has 0 unspecified atom stereocenters. The minimum Gasteiger partial charge on any atom is -0.346 e. The number of hydrogen-bond donors (Lipinski definition) is 1. The molecule has 7 heteroatoms. The van der Waals surface area contributed by atoms with Gasteiger partial charge in [0.05, 0.1) is 6.04 Å². The van der Waals surface area contributed by atoms with Crippen LogP contribution in [0.3, 0.4) is 0 Å². The molecule has 0 bridgehead atoms. The SMILES string of the molecule is C[C@H](NC(=O)c1ccc(F)c(S(=O)(=O)N2CCCCC2)c1)c1ccccc1. The minimum atomic E-state index is -3.95. The molecule has 2 aromatic rings. The Hall–Kier alpha value is -2.25. The maximum atomic E-state index is 14.3. The van der Waals surface area contributed by atoms with Crippen molar-refractivity contribution in [3.8, 4) is 0 Å². The Kier molecular flexibility index (Phi) is 5.92. The van der Waals surface area contributed by atoms with Gasteiger partial charge in [-0.1, -0.05) is 36.8 Å². The number of piperidine rings is 1.